The molecule has 0 saturated carbocycles. The molecule has 5 rings (SSSR count). The summed E-state index contributed by atoms with van der Waals surface area (Å²) in [6, 6.07) is 1.78. The number of nitrogens with zero attached hydrogens (tertiary/aromatic N) is 5. The van der Waals surface area contributed by atoms with Gasteiger partial charge in [0.05, 0.1) is 18.7 Å². The van der Waals surface area contributed by atoms with Gasteiger partial charge < -0.3 is 19.7 Å². The molecule has 0 bridgehead atoms. The summed E-state index contributed by atoms with van der Waals surface area (Å²) in [5.74, 6) is 0.517. The smallest absolute Gasteiger partial charge is 0.415 e. The van der Waals surface area contributed by atoms with Gasteiger partial charge in [0, 0.05) is 51.8 Å². The summed E-state index contributed by atoms with van der Waals surface area (Å²) in [7, 11) is -0.920. The van der Waals surface area contributed by atoms with E-state index in [9.17, 15) is 19.2 Å². The number of hydrogen-bond acceptors (Lipinski definition) is 12. The number of imide groups is 1. The molecule has 1 aromatic heterocycles. The van der Waals surface area contributed by atoms with Crippen molar-refractivity contribution in [1.82, 2.24) is 30.3 Å². The first-order chi connectivity index (χ1) is 17.7. The van der Waals surface area contributed by atoms with Gasteiger partial charge in [-0.05, 0) is 36.0 Å². The van der Waals surface area contributed by atoms with Gasteiger partial charge in [-0.15, -0.1) is 0 Å². The highest BCUT2D eigenvalue weighted by Crippen LogP contribution is 2.34. The van der Waals surface area contributed by atoms with Gasteiger partial charge in [-0.1, -0.05) is 0 Å². The summed E-state index contributed by atoms with van der Waals surface area (Å²) in [5, 5.41) is 10.4. The first-order valence-electron chi connectivity index (χ1n) is 12.2. The largest absolute Gasteiger partial charge is 0.457 e. The fourth-order valence-corrected chi connectivity index (χ4v) is 6.63. The van der Waals surface area contributed by atoms with Gasteiger partial charge in [0.1, 0.15) is 5.82 Å². The predicted octanol–water partition coefficient (Wildman–Crippen LogP) is -0.260. The minimum absolute atomic E-state index is 0.114. The van der Waals surface area contributed by atoms with E-state index in [1.54, 1.807) is 19.2 Å². The second-order valence-electron chi connectivity index (χ2n) is 9.41. The number of nitrogens with one attached hydrogen (secondary N) is 3. The van der Waals surface area contributed by atoms with Crippen LogP contribution in [0.2, 0.25) is 0 Å². The Kier molecular flexibility index (Phi) is 6.76. The molecule has 3 amide bonds. The van der Waals surface area contributed by atoms with E-state index in [-0.39, 0.29) is 24.4 Å². The van der Waals surface area contributed by atoms with Crippen LogP contribution in [-0.2, 0) is 19.1 Å². The Balaban J connectivity index is 1.42. The zero-order valence-corrected chi connectivity index (χ0v) is 21.5. The number of hydrogen-bond donors (Lipinski definition) is 3. The molecule has 4 aliphatic rings. The molecule has 3 fully saturated rings. The fraction of sp³-hybridized carbons (Fsp3) is 0.591. The van der Waals surface area contributed by atoms with Crippen molar-refractivity contribution in [2.24, 2.45) is 0 Å². The number of amides is 3. The van der Waals surface area contributed by atoms with Crippen LogP contribution in [0.15, 0.2) is 12.3 Å². The summed E-state index contributed by atoms with van der Waals surface area (Å²) in [4.78, 5) is 59.9. The SMILES string of the molecule is CCOC(=O)S1=CC(C)(N(c2nccc(N3CCC4(CC3)OC(=O)NC4=O)n2)N2CCNC(=O)C2)CN1. The van der Waals surface area contributed by atoms with Crippen LogP contribution in [0.1, 0.15) is 26.7 Å². The highest BCUT2D eigenvalue weighted by atomic mass is 32.2. The van der Waals surface area contributed by atoms with E-state index in [1.165, 1.54) is 0 Å². The summed E-state index contributed by atoms with van der Waals surface area (Å²) in [5.41, 5.74) is -1.84. The molecule has 0 aromatic carbocycles. The maximum absolute atomic E-state index is 12.4. The average molecular weight is 535 g/mol. The third-order valence-electron chi connectivity index (χ3n) is 6.81. The van der Waals surface area contributed by atoms with Crippen LogP contribution in [0.3, 0.4) is 0 Å². The zero-order valence-electron chi connectivity index (χ0n) is 20.7. The van der Waals surface area contributed by atoms with Gasteiger partial charge in [-0.3, -0.25) is 24.6 Å². The number of ether oxygens (including phenoxy) is 2. The van der Waals surface area contributed by atoms with Crippen molar-refractivity contribution in [3.63, 3.8) is 0 Å². The highest BCUT2D eigenvalue weighted by molar-refractivity contribution is 8.26. The Bertz CT molecular complexity index is 1160. The van der Waals surface area contributed by atoms with E-state index in [4.69, 9.17) is 14.5 Å². The van der Waals surface area contributed by atoms with Crippen LogP contribution in [-0.4, -0.2) is 101 Å². The molecule has 0 radical (unpaired) electrons. The molecule has 37 heavy (non-hydrogen) atoms. The average Bonchev–Trinajstić information content (AvgIpc) is 3.39. The first kappa shape index (κ1) is 25.4. The molecule has 15 heteroatoms. The van der Waals surface area contributed by atoms with Gasteiger partial charge in [-0.25, -0.2) is 19.6 Å². The van der Waals surface area contributed by atoms with Crippen molar-refractivity contribution in [3.05, 3.63) is 12.3 Å². The molecule has 2 unspecified atom stereocenters. The number of anilines is 2. The van der Waals surface area contributed by atoms with Gasteiger partial charge in [0.2, 0.25) is 11.9 Å². The minimum Gasteiger partial charge on any atom is -0.457 e. The monoisotopic (exact) mass is 534 g/mol. The second-order valence-corrected chi connectivity index (χ2v) is 10.9. The zero-order chi connectivity index (χ0) is 26.2. The number of aromatic nitrogens is 2. The van der Waals surface area contributed by atoms with E-state index >= 15 is 0 Å². The lowest BCUT2D eigenvalue weighted by atomic mass is 9.91. The molecule has 5 heterocycles. The maximum Gasteiger partial charge on any atom is 0.415 e. The quantitative estimate of drug-likeness (QED) is 0.336. The number of piperazine rings is 1. The van der Waals surface area contributed by atoms with Gasteiger partial charge in [0.25, 0.3) is 5.91 Å². The molecule has 1 spiro atoms. The highest BCUT2D eigenvalue weighted by Gasteiger charge is 2.51. The Labute approximate surface area is 216 Å². The minimum atomic E-state index is -1.13. The van der Waals surface area contributed by atoms with Gasteiger partial charge in [-0.2, -0.15) is 4.98 Å². The summed E-state index contributed by atoms with van der Waals surface area (Å²) < 4.78 is 13.7. The number of carbonyl (C=O) groups excluding carboxylic acids is 4. The van der Waals surface area contributed by atoms with Crippen molar-refractivity contribution in [3.8, 4) is 0 Å². The third kappa shape index (κ3) is 4.85. The van der Waals surface area contributed by atoms with E-state index in [0.29, 0.717) is 57.3 Å². The van der Waals surface area contributed by atoms with E-state index in [0.717, 1.165) is 0 Å². The lowest BCUT2D eigenvalue weighted by Crippen LogP contribution is -2.64. The number of carbonyl (C=O) groups is 4. The van der Waals surface area contributed by atoms with Crippen molar-refractivity contribution >= 4 is 51.0 Å². The molecule has 4 aliphatic heterocycles. The number of rotatable bonds is 5. The Hall–Kier alpha value is -3.30. The van der Waals surface area contributed by atoms with Gasteiger partial charge in [0.15, 0.2) is 5.60 Å². The van der Waals surface area contributed by atoms with Gasteiger partial charge >= 0.3 is 11.4 Å². The summed E-state index contributed by atoms with van der Waals surface area (Å²) >= 11 is 0. The number of alkyl carbamates (subject to hydrolysis) is 1. The standard InChI is InChI=1S/C22H30N8O6S/c1-3-35-20(34)37-14-21(2,13-25-37)30(29-11-8-23-16(31)12-29)18-24-7-4-15(26-18)28-9-5-22(6-10-28)17(32)27-19(33)36-22/h4,7,14,25H,3,5-6,8-13H2,1-2H3,(H,23,31)(H,27,32,33). The lowest BCUT2D eigenvalue weighted by molar-refractivity contribution is -0.132. The van der Waals surface area contributed by atoms with Crippen LogP contribution in [0.25, 0.3) is 0 Å². The van der Waals surface area contributed by atoms with Crippen LogP contribution < -0.4 is 25.3 Å². The van der Waals surface area contributed by atoms with Crippen molar-refractivity contribution in [2.75, 3.05) is 55.8 Å². The molecular weight excluding hydrogens is 504 g/mol. The molecule has 2 atom stereocenters. The molecular formula is C22H30N8O6S. The Morgan fingerprint density at radius 1 is 1.27 bits per heavy atom. The van der Waals surface area contributed by atoms with Crippen LogP contribution in [0.5, 0.6) is 0 Å². The third-order valence-corrected chi connectivity index (χ3v) is 8.49. The van der Waals surface area contributed by atoms with E-state index < -0.39 is 33.8 Å². The molecule has 1 aromatic rings. The Morgan fingerprint density at radius 3 is 2.73 bits per heavy atom. The molecule has 3 N–H and O–H groups in total. The Morgan fingerprint density at radius 2 is 2.05 bits per heavy atom. The second kappa shape index (κ2) is 9.87. The normalized spacial score (nSPS) is 27.4. The maximum atomic E-state index is 12.4. The van der Waals surface area contributed by atoms with Crippen molar-refractivity contribution in [2.45, 2.75) is 37.8 Å². The first-order valence-corrected chi connectivity index (χ1v) is 13.5. The number of hydrazine groups is 1. The molecule has 3 saturated heterocycles. The van der Waals surface area contributed by atoms with Crippen LogP contribution >= 0.6 is 10.7 Å². The van der Waals surface area contributed by atoms with Crippen molar-refractivity contribution in [1.29, 1.82) is 0 Å². The lowest BCUT2D eigenvalue weighted by Gasteiger charge is -2.45. The fourth-order valence-electron chi connectivity index (χ4n) is 4.95. The van der Waals surface area contributed by atoms with Crippen LogP contribution in [0.4, 0.5) is 21.4 Å². The molecule has 0 aliphatic carbocycles. The summed E-state index contributed by atoms with van der Waals surface area (Å²) in [6.45, 7) is 6.49. The molecule has 200 valence electrons. The predicted molar refractivity (Wildman–Crippen MR) is 135 cm³/mol. The number of piperidine rings is 1. The summed E-state index contributed by atoms with van der Waals surface area (Å²) in [6.07, 6.45) is 1.63. The van der Waals surface area contributed by atoms with E-state index in [2.05, 4.69) is 20.3 Å². The molecule has 14 nitrogen and oxygen atoms in total. The van der Waals surface area contributed by atoms with Crippen LogP contribution in [0, 0.1) is 0 Å². The van der Waals surface area contributed by atoms with Crippen molar-refractivity contribution < 1.29 is 28.7 Å². The van der Waals surface area contributed by atoms with E-state index in [1.807, 2.05) is 27.2 Å². The topological polar surface area (TPSA) is 158 Å².